The van der Waals surface area contributed by atoms with E-state index < -0.39 is 6.10 Å². The van der Waals surface area contributed by atoms with E-state index in [4.69, 9.17) is 11.6 Å². The Hall–Kier alpha value is -0.840. The van der Waals surface area contributed by atoms with Gasteiger partial charge in [0.25, 0.3) is 0 Å². The van der Waals surface area contributed by atoms with Crippen molar-refractivity contribution >= 4 is 27.5 Å². The highest BCUT2D eigenvalue weighted by Crippen LogP contribution is 2.27. The Labute approximate surface area is 132 Å². The predicted molar refractivity (Wildman–Crippen MR) is 85.1 cm³/mol. The minimum atomic E-state index is -0.560. The zero-order valence-electron chi connectivity index (χ0n) is 11.6. The predicted octanol–water partition coefficient (Wildman–Crippen LogP) is 4.16. The molecule has 1 unspecified atom stereocenters. The molecule has 0 aliphatic carbocycles. The van der Waals surface area contributed by atoms with Gasteiger partial charge in [-0.2, -0.15) is 5.10 Å². The van der Waals surface area contributed by atoms with E-state index in [0.717, 1.165) is 34.4 Å². The van der Waals surface area contributed by atoms with E-state index in [0.29, 0.717) is 11.4 Å². The number of aromatic nitrogens is 2. The molecular weight excluding hydrogens is 340 g/mol. The van der Waals surface area contributed by atoms with Crippen LogP contribution in [-0.4, -0.2) is 14.9 Å². The van der Waals surface area contributed by atoms with Gasteiger partial charge in [-0.25, -0.2) is 0 Å². The molecule has 5 heteroatoms. The normalized spacial score (nSPS) is 12.7. The van der Waals surface area contributed by atoms with Gasteiger partial charge in [0.05, 0.1) is 16.8 Å². The minimum Gasteiger partial charge on any atom is -0.388 e. The molecule has 0 fully saturated rings. The molecule has 3 nitrogen and oxygen atoms in total. The molecule has 1 aromatic heterocycles. The van der Waals surface area contributed by atoms with Crippen LogP contribution >= 0.6 is 27.5 Å². The second-order valence-corrected chi connectivity index (χ2v) is 5.95. The summed E-state index contributed by atoms with van der Waals surface area (Å²) in [4.78, 5) is 0. The van der Waals surface area contributed by atoms with Crippen LogP contribution in [-0.2, 0) is 19.4 Å². The van der Waals surface area contributed by atoms with E-state index in [2.05, 4.69) is 40.9 Å². The molecule has 2 aromatic rings. The summed E-state index contributed by atoms with van der Waals surface area (Å²) in [5, 5.41) is 15.5. The summed E-state index contributed by atoms with van der Waals surface area (Å²) in [6.45, 7) is 4.95. The third kappa shape index (κ3) is 3.43. The van der Waals surface area contributed by atoms with Crippen LogP contribution in [0.4, 0.5) is 0 Å². The van der Waals surface area contributed by atoms with Crippen LogP contribution in [0.25, 0.3) is 0 Å². The molecule has 0 saturated carbocycles. The lowest BCUT2D eigenvalue weighted by Gasteiger charge is -2.12. The summed E-state index contributed by atoms with van der Waals surface area (Å²) >= 11 is 9.36. The molecule has 0 aliphatic rings. The molecule has 0 saturated heterocycles. The summed E-state index contributed by atoms with van der Waals surface area (Å²) in [6.07, 6.45) is 0.896. The van der Waals surface area contributed by atoms with Gasteiger partial charge in [0.1, 0.15) is 0 Å². The Morgan fingerprint density at radius 2 is 2.10 bits per heavy atom. The van der Waals surface area contributed by atoms with E-state index >= 15 is 0 Å². The minimum absolute atomic E-state index is 0.551. The smallest absolute Gasteiger partial charge is 0.0845 e. The van der Waals surface area contributed by atoms with Crippen molar-refractivity contribution < 1.29 is 5.11 Å². The van der Waals surface area contributed by atoms with Crippen molar-refractivity contribution in [3.63, 3.8) is 0 Å². The van der Waals surface area contributed by atoms with Crippen molar-refractivity contribution in [2.45, 2.75) is 39.3 Å². The largest absolute Gasteiger partial charge is 0.388 e. The summed E-state index contributed by atoms with van der Waals surface area (Å²) in [7, 11) is 0. The van der Waals surface area contributed by atoms with Gasteiger partial charge in [-0.15, -0.1) is 0 Å². The van der Waals surface area contributed by atoms with Gasteiger partial charge in [-0.3, -0.25) is 4.68 Å². The van der Waals surface area contributed by atoms with Crippen LogP contribution in [0.1, 0.15) is 36.9 Å². The second kappa shape index (κ2) is 6.74. The van der Waals surface area contributed by atoms with Gasteiger partial charge in [-0.1, -0.05) is 24.6 Å². The van der Waals surface area contributed by atoms with Crippen molar-refractivity contribution in [1.82, 2.24) is 9.78 Å². The quantitative estimate of drug-likeness (QED) is 0.872. The maximum Gasteiger partial charge on any atom is 0.0845 e. The first-order valence-corrected chi connectivity index (χ1v) is 7.90. The number of halogens is 2. The van der Waals surface area contributed by atoms with Crippen molar-refractivity contribution in [2.75, 3.05) is 0 Å². The Bertz CT molecular complexity index is 598. The van der Waals surface area contributed by atoms with E-state index in [-0.39, 0.29) is 0 Å². The molecule has 1 atom stereocenters. The number of benzene rings is 1. The Kier molecular flexibility index (Phi) is 5.24. The number of hydrogen-bond donors (Lipinski definition) is 1. The van der Waals surface area contributed by atoms with E-state index in [1.807, 2.05) is 16.8 Å². The SMILES string of the molecule is CCc1cc(CC(O)c2ccc(Cl)c(Br)c2)n(CC)n1. The third-order valence-electron chi connectivity index (χ3n) is 3.31. The molecule has 20 heavy (non-hydrogen) atoms. The number of hydrogen-bond acceptors (Lipinski definition) is 2. The van der Waals surface area contributed by atoms with Crippen molar-refractivity contribution in [1.29, 1.82) is 0 Å². The standard InChI is InChI=1S/C15H18BrClN2O/c1-3-11-8-12(19(4-2)18-11)9-15(20)10-5-6-14(17)13(16)7-10/h5-8,15,20H,3-4,9H2,1-2H3. The topological polar surface area (TPSA) is 38.0 Å². The van der Waals surface area contributed by atoms with Crippen LogP contribution in [0.3, 0.4) is 0 Å². The van der Waals surface area contributed by atoms with Crippen molar-refractivity contribution in [3.8, 4) is 0 Å². The molecule has 2 rings (SSSR count). The van der Waals surface area contributed by atoms with Crippen molar-refractivity contribution in [3.05, 3.63) is 50.7 Å². The van der Waals surface area contributed by atoms with Gasteiger partial charge in [0.2, 0.25) is 0 Å². The summed E-state index contributed by atoms with van der Waals surface area (Å²) in [6, 6.07) is 7.57. The summed E-state index contributed by atoms with van der Waals surface area (Å²) < 4.78 is 2.75. The highest BCUT2D eigenvalue weighted by molar-refractivity contribution is 9.10. The number of nitrogens with zero attached hydrogens (tertiary/aromatic N) is 2. The Morgan fingerprint density at radius 3 is 2.70 bits per heavy atom. The molecule has 0 amide bonds. The molecule has 0 aliphatic heterocycles. The highest BCUT2D eigenvalue weighted by Gasteiger charge is 2.14. The molecule has 1 N–H and O–H groups in total. The molecule has 0 bridgehead atoms. The lowest BCUT2D eigenvalue weighted by Crippen LogP contribution is -2.08. The van der Waals surface area contributed by atoms with Crippen molar-refractivity contribution in [2.24, 2.45) is 0 Å². The summed E-state index contributed by atoms with van der Waals surface area (Å²) in [5.41, 5.74) is 2.97. The molecular formula is C15H18BrClN2O. The Morgan fingerprint density at radius 1 is 1.35 bits per heavy atom. The van der Waals surface area contributed by atoms with Gasteiger partial charge >= 0.3 is 0 Å². The summed E-state index contributed by atoms with van der Waals surface area (Å²) in [5.74, 6) is 0. The molecule has 0 spiro atoms. The fourth-order valence-electron chi connectivity index (χ4n) is 2.16. The number of aryl methyl sites for hydroxylation is 2. The van der Waals surface area contributed by atoms with Gasteiger partial charge < -0.3 is 5.11 Å². The molecule has 108 valence electrons. The van der Waals surface area contributed by atoms with Crippen LogP contribution in [0, 0.1) is 0 Å². The second-order valence-electron chi connectivity index (χ2n) is 4.69. The maximum absolute atomic E-state index is 10.4. The number of rotatable bonds is 5. The van der Waals surface area contributed by atoms with Gasteiger partial charge in [0, 0.05) is 23.1 Å². The number of aliphatic hydroxyl groups is 1. The third-order valence-corrected chi connectivity index (χ3v) is 4.52. The van der Waals surface area contributed by atoms with Crippen LogP contribution < -0.4 is 0 Å². The molecule has 0 radical (unpaired) electrons. The lowest BCUT2D eigenvalue weighted by atomic mass is 10.0. The monoisotopic (exact) mass is 356 g/mol. The number of aliphatic hydroxyl groups excluding tert-OH is 1. The fourth-order valence-corrected chi connectivity index (χ4v) is 2.68. The Balaban J connectivity index is 2.20. The first kappa shape index (κ1) is 15.5. The average molecular weight is 358 g/mol. The van der Waals surface area contributed by atoms with Gasteiger partial charge in [-0.05, 0) is 53.0 Å². The zero-order valence-corrected chi connectivity index (χ0v) is 13.9. The highest BCUT2D eigenvalue weighted by atomic mass is 79.9. The molecule has 1 heterocycles. The van der Waals surface area contributed by atoms with E-state index in [9.17, 15) is 5.11 Å². The van der Waals surface area contributed by atoms with Crippen LogP contribution in [0.2, 0.25) is 5.02 Å². The van der Waals surface area contributed by atoms with Crippen LogP contribution in [0.5, 0.6) is 0 Å². The molecule has 1 aromatic carbocycles. The zero-order chi connectivity index (χ0) is 14.7. The van der Waals surface area contributed by atoms with Gasteiger partial charge in [0.15, 0.2) is 0 Å². The fraction of sp³-hybridized carbons (Fsp3) is 0.400. The maximum atomic E-state index is 10.4. The van der Waals surface area contributed by atoms with E-state index in [1.54, 1.807) is 6.07 Å². The lowest BCUT2D eigenvalue weighted by molar-refractivity contribution is 0.175. The first-order valence-electron chi connectivity index (χ1n) is 6.73. The average Bonchev–Trinajstić information content (AvgIpc) is 2.84. The van der Waals surface area contributed by atoms with Crippen LogP contribution in [0.15, 0.2) is 28.7 Å². The van der Waals surface area contributed by atoms with E-state index in [1.165, 1.54) is 0 Å². The first-order chi connectivity index (χ1) is 9.55.